The number of benzene rings is 1. The molecule has 0 aliphatic carbocycles. The minimum atomic E-state index is -3.57. The molecule has 1 heterocycles. The number of sulfonamides is 1. The van der Waals surface area contributed by atoms with Crippen molar-refractivity contribution in [3.63, 3.8) is 0 Å². The van der Waals surface area contributed by atoms with E-state index in [0.29, 0.717) is 5.82 Å². The number of nitrogens with zero attached hydrogens (tertiary/aromatic N) is 1. The van der Waals surface area contributed by atoms with E-state index in [1.165, 1.54) is 0 Å². The highest BCUT2D eigenvalue weighted by atomic mass is 32.2. The number of nitrogens with one attached hydrogen (secondary N) is 2. The van der Waals surface area contributed by atoms with Gasteiger partial charge < -0.3 is 0 Å². The molecule has 5 nitrogen and oxygen atoms in total. The number of H-pyrrole nitrogens is 1. The Morgan fingerprint density at radius 2 is 2.11 bits per heavy atom. The molecular weight excluding hydrogens is 262 g/mol. The van der Waals surface area contributed by atoms with Crippen LogP contribution in [0, 0.1) is 6.92 Å². The van der Waals surface area contributed by atoms with Crippen molar-refractivity contribution < 1.29 is 8.42 Å². The fourth-order valence-electron chi connectivity index (χ4n) is 1.79. The first-order valence-electron chi connectivity index (χ1n) is 6.15. The topological polar surface area (TPSA) is 74.8 Å². The minimum absolute atomic E-state index is 0.243. The minimum Gasteiger partial charge on any atom is -0.280 e. The number of hydrogen-bond donors (Lipinski definition) is 2. The molecular formula is C13H17N3O2S. The molecule has 0 amide bonds. The van der Waals surface area contributed by atoms with Crippen molar-refractivity contribution in [2.45, 2.75) is 31.6 Å². The number of anilines is 1. The van der Waals surface area contributed by atoms with E-state index < -0.39 is 10.0 Å². The molecule has 2 aromatic rings. The second-order valence-corrected chi connectivity index (χ2v) is 6.13. The summed E-state index contributed by atoms with van der Waals surface area (Å²) in [6.07, 6.45) is 1.82. The number of hydrogen-bond acceptors (Lipinski definition) is 3. The molecule has 0 bridgehead atoms. The van der Waals surface area contributed by atoms with Crippen LogP contribution in [0.4, 0.5) is 5.82 Å². The summed E-state index contributed by atoms with van der Waals surface area (Å²) in [6.45, 7) is 3.91. The standard InChI is InChI=1S/C13H17N3O2S/c1-3-5-11-9-13(15-14-11)16-19(17,18)12-7-4-6-10(2)8-12/h4,6-9H,3,5H2,1-2H3,(H2,14,15,16). The average molecular weight is 279 g/mol. The van der Waals surface area contributed by atoms with Crippen LogP contribution in [0.15, 0.2) is 35.2 Å². The van der Waals surface area contributed by atoms with Crippen LogP contribution in [0.5, 0.6) is 0 Å². The zero-order valence-corrected chi connectivity index (χ0v) is 11.8. The SMILES string of the molecule is CCCc1cc(NS(=O)(=O)c2cccc(C)c2)n[nH]1. The monoisotopic (exact) mass is 279 g/mol. The molecule has 102 valence electrons. The van der Waals surface area contributed by atoms with Gasteiger partial charge in [-0.1, -0.05) is 25.5 Å². The van der Waals surface area contributed by atoms with Gasteiger partial charge in [0, 0.05) is 11.8 Å². The summed E-state index contributed by atoms with van der Waals surface area (Å²) in [6, 6.07) is 8.48. The van der Waals surface area contributed by atoms with Gasteiger partial charge in [-0.2, -0.15) is 5.10 Å². The zero-order valence-electron chi connectivity index (χ0n) is 11.0. The van der Waals surface area contributed by atoms with E-state index in [1.54, 1.807) is 24.3 Å². The Bertz CT molecular complexity index is 662. The lowest BCUT2D eigenvalue weighted by molar-refractivity contribution is 0.601. The van der Waals surface area contributed by atoms with Crippen molar-refractivity contribution in [1.29, 1.82) is 0 Å². The fourth-order valence-corrected chi connectivity index (χ4v) is 2.89. The summed E-state index contributed by atoms with van der Waals surface area (Å²) in [5, 5.41) is 6.77. The van der Waals surface area contributed by atoms with Gasteiger partial charge in [-0.15, -0.1) is 0 Å². The third-order valence-corrected chi connectivity index (χ3v) is 4.04. The maximum absolute atomic E-state index is 12.2. The highest BCUT2D eigenvalue weighted by Crippen LogP contribution is 2.16. The molecule has 0 saturated heterocycles. The second kappa shape index (κ2) is 5.44. The summed E-state index contributed by atoms with van der Waals surface area (Å²) >= 11 is 0. The number of aromatic nitrogens is 2. The number of aromatic amines is 1. The van der Waals surface area contributed by atoms with Gasteiger partial charge >= 0.3 is 0 Å². The van der Waals surface area contributed by atoms with Gasteiger partial charge in [-0.25, -0.2) is 8.42 Å². The first kappa shape index (κ1) is 13.6. The Morgan fingerprint density at radius 1 is 1.32 bits per heavy atom. The summed E-state index contributed by atoms with van der Waals surface area (Å²) in [4.78, 5) is 0.243. The average Bonchev–Trinajstić information content (AvgIpc) is 2.76. The van der Waals surface area contributed by atoms with Crippen LogP contribution in [0.2, 0.25) is 0 Å². The Morgan fingerprint density at radius 3 is 2.79 bits per heavy atom. The van der Waals surface area contributed by atoms with E-state index in [4.69, 9.17) is 0 Å². The largest absolute Gasteiger partial charge is 0.280 e. The molecule has 0 spiro atoms. The highest BCUT2D eigenvalue weighted by Gasteiger charge is 2.15. The molecule has 0 aliphatic rings. The van der Waals surface area contributed by atoms with Crippen LogP contribution in [0.3, 0.4) is 0 Å². The summed E-state index contributed by atoms with van der Waals surface area (Å²) < 4.78 is 26.8. The lowest BCUT2D eigenvalue weighted by Gasteiger charge is -2.05. The predicted octanol–water partition coefficient (Wildman–Crippen LogP) is 2.47. The molecule has 6 heteroatoms. The van der Waals surface area contributed by atoms with Gasteiger partial charge in [0.25, 0.3) is 10.0 Å². The quantitative estimate of drug-likeness (QED) is 0.883. The van der Waals surface area contributed by atoms with Crippen molar-refractivity contribution in [3.8, 4) is 0 Å². The van der Waals surface area contributed by atoms with Crippen LogP contribution in [-0.4, -0.2) is 18.6 Å². The van der Waals surface area contributed by atoms with Crippen LogP contribution in [0.25, 0.3) is 0 Å². The van der Waals surface area contributed by atoms with Gasteiger partial charge in [-0.3, -0.25) is 9.82 Å². The molecule has 1 aromatic carbocycles. The molecule has 0 unspecified atom stereocenters. The Kier molecular flexibility index (Phi) is 3.90. The van der Waals surface area contributed by atoms with E-state index in [0.717, 1.165) is 24.1 Å². The first-order valence-corrected chi connectivity index (χ1v) is 7.63. The molecule has 0 saturated carbocycles. The third-order valence-electron chi connectivity index (χ3n) is 2.69. The van der Waals surface area contributed by atoms with E-state index in [9.17, 15) is 8.42 Å². The van der Waals surface area contributed by atoms with E-state index in [-0.39, 0.29) is 4.90 Å². The van der Waals surface area contributed by atoms with Gasteiger partial charge in [0.2, 0.25) is 0 Å². The molecule has 2 N–H and O–H groups in total. The van der Waals surface area contributed by atoms with Crippen molar-refractivity contribution >= 4 is 15.8 Å². The first-order chi connectivity index (χ1) is 9.01. The van der Waals surface area contributed by atoms with E-state index in [1.807, 2.05) is 13.0 Å². The summed E-state index contributed by atoms with van der Waals surface area (Å²) in [7, 11) is -3.57. The maximum Gasteiger partial charge on any atom is 0.263 e. The molecule has 0 radical (unpaired) electrons. The molecule has 19 heavy (non-hydrogen) atoms. The third kappa shape index (κ3) is 3.35. The highest BCUT2D eigenvalue weighted by molar-refractivity contribution is 7.92. The Hall–Kier alpha value is -1.82. The van der Waals surface area contributed by atoms with Gasteiger partial charge in [0.1, 0.15) is 0 Å². The molecule has 2 rings (SSSR count). The van der Waals surface area contributed by atoms with Gasteiger partial charge in [0.05, 0.1) is 4.90 Å². The van der Waals surface area contributed by atoms with Crippen LogP contribution < -0.4 is 4.72 Å². The molecule has 0 fully saturated rings. The summed E-state index contributed by atoms with van der Waals surface area (Å²) in [5.41, 5.74) is 1.82. The zero-order chi connectivity index (χ0) is 13.9. The summed E-state index contributed by atoms with van der Waals surface area (Å²) in [5.74, 6) is 0.324. The van der Waals surface area contributed by atoms with Crippen LogP contribution in [-0.2, 0) is 16.4 Å². The van der Waals surface area contributed by atoms with Crippen LogP contribution >= 0.6 is 0 Å². The van der Waals surface area contributed by atoms with E-state index >= 15 is 0 Å². The lowest BCUT2D eigenvalue weighted by Crippen LogP contribution is -2.13. The smallest absolute Gasteiger partial charge is 0.263 e. The van der Waals surface area contributed by atoms with Gasteiger partial charge in [-0.05, 0) is 31.0 Å². The molecule has 1 aromatic heterocycles. The predicted molar refractivity (Wildman–Crippen MR) is 74.6 cm³/mol. The van der Waals surface area contributed by atoms with Gasteiger partial charge in [0.15, 0.2) is 5.82 Å². The van der Waals surface area contributed by atoms with E-state index in [2.05, 4.69) is 21.8 Å². The Balaban J connectivity index is 2.21. The molecule has 0 atom stereocenters. The van der Waals surface area contributed by atoms with Crippen molar-refractivity contribution in [1.82, 2.24) is 10.2 Å². The normalized spacial score (nSPS) is 11.5. The second-order valence-electron chi connectivity index (χ2n) is 4.45. The fraction of sp³-hybridized carbons (Fsp3) is 0.308. The number of rotatable bonds is 5. The van der Waals surface area contributed by atoms with Crippen molar-refractivity contribution in [3.05, 3.63) is 41.6 Å². The van der Waals surface area contributed by atoms with Crippen LogP contribution in [0.1, 0.15) is 24.6 Å². The lowest BCUT2D eigenvalue weighted by atomic mass is 10.2. The number of aryl methyl sites for hydroxylation is 2. The Labute approximate surface area is 113 Å². The molecule has 0 aliphatic heterocycles. The van der Waals surface area contributed by atoms with Crippen molar-refractivity contribution in [2.75, 3.05) is 4.72 Å². The van der Waals surface area contributed by atoms with Crippen molar-refractivity contribution in [2.24, 2.45) is 0 Å². The maximum atomic E-state index is 12.2.